The van der Waals surface area contributed by atoms with Crippen LogP contribution in [0.4, 0.5) is 0 Å². The summed E-state index contributed by atoms with van der Waals surface area (Å²) in [5.74, 6) is -0.0163. The number of carbonyl (C=O) groups is 1. The maximum absolute atomic E-state index is 10.9. The Balaban J connectivity index is 2.15. The zero-order valence-electron chi connectivity index (χ0n) is 7.87. The minimum Gasteiger partial charge on any atom is -0.469 e. The fourth-order valence-electron chi connectivity index (χ4n) is 1.42. The summed E-state index contributed by atoms with van der Waals surface area (Å²) in [4.78, 5) is 10.9. The van der Waals surface area contributed by atoms with E-state index in [1.807, 2.05) is 13.8 Å². The normalized spacial score (nSPS) is 28.3. The highest BCUT2D eigenvalue weighted by molar-refractivity contribution is 5.73. The lowest BCUT2D eigenvalue weighted by molar-refractivity contribution is -0.156. The second kappa shape index (κ2) is 3.90. The number of esters is 1. The van der Waals surface area contributed by atoms with Crippen molar-refractivity contribution < 1.29 is 14.3 Å². The molecule has 0 spiro atoms. The monoisotopic (exact) mass is 172 g/mol. The Hall–Kier alpha value is -0.570. The maximum atomic E-state index is 10.9. The van der Waals surface area contributed by atoms with Crippen molar-refractivity contribution in [3.05, 3.63) is 0 Å². The van der Waals surface area contributed by atoms with Crippen LogP contribution in [0.15, 0.2) is 0 Å². The van der Waals surface area contributed by atoms with E-state index in [2.05, 4.69) is 4.74 Å². The molecule has 0 radical (unpaired) electrons. The Morgan fingerprint density at radius 1 is 1.42 bits per heavy atom. The Bertz CT molecular complexity index is 159. The summed E-state index contributed by atoms with van der Waals surface area (Å²) in [7, 11) is 1.43. The first-order chi connectivity index (χ1) is 5.63. The fraction of sp³-hybridized carbons (Fsp3) is 0.889. The van der Waals surface area contributed by atoms with Gasteiger partial charge in [-0.25, -0.2) is 0 Å². The third-order valence-electron chi connectivity index (χ3n) is 2.09. The lowest BCUT2D eigenvalue weighted by Gasteiger charge is -2.34. The first kappa shape index (κ1) is 9.52. The zero-order valence-corrected chi connectivity index (χ0v) is 7.87. The van der Waals surface area contributed by atoms with Gasteiger partial charge in [0.2, 0.25) is 0 Å². The van der Waals surface area contributed by atoms with Gasteiger partial charge in [-0.1, -0.05) is 0 Å². The molecule has 0 N–H and O–H groups in total. The molecule has 0 unspecified atom stereocenters. The highest BCUT2D eigenvalue weighted by atomic mass is 16.5. The summed E-state index contributed by atoms with van der Waals surface area (Å²) in [5, 5.41) is 0. The Morgan fingerprint density at radius 3 is 2.42 bits per heavy atom. The van der Waals surface area contributed by atoms with E-state index in [1.54, 1.807) is 0 Å². The summed E-state index contributed by atoms with van der Waals surface area (Å²) in [6.07, 6.45) is 2.18. The van der Waals surface area contributed by atoms with Crippen LogP contribution in [-0.4, -0.2) is 25.3 Å². The van der Waals surface area contributed by atoms with Crippen molar-refractivity contribution >= 4 is 5.97 Å². The Kier molecular flexibility index (Phi) is 3.09. The number of methoxy groups -OCH3 is 1. The highest BCUT2D eigenvalue weighted by Gasteiger charge is 2.36. The van der Waals surface area contributed by atoms with Crippen molar-refractivity contribution in [1.82, 2.24) is 0 Å². The van der Waals surface area contributed by atoms with E-state index in [1.165, 1.54) is 7.11 Å². The van der Waals surface area contributed by atoms with Crippen LogP contribution >= 0.6 is 0 Å². The molecule has 1 aliphatic rings. The second-order valence-corrected chi connectivity index (χ2v) is 3.50. The van der Waals surface area contributed by atoms with Crippen molar-refractivity contribution in [2.45, 2.75) is 38.9 Å². The molecular formula is C9H16O3. The molecule has 0 aliphatic heterocycles. The minimum atomic E-state index is -0.0985. The van der Waals surface area contributed by atoms with Crippen molar-refractivity contribution in [1.29, 1.82) is 0 Å². The molecule has 1 aliphatic carbocycles. The summed E-state index contributed by atoms with van der Waals surface area (Å²) >= 11 is 0. The average molecular weight is 172 g/mol. The summed E-state index contributed by atoms with van der Waals surface area (Å²) < 4.78 is 10.1. The summed E-state index contributed by atoms with van der Waals surface area (Å²) in [6, 6.07) is 0. The quantitative estimate of drug-likeness (QED) is 0.603. The van der Waals surface area contributed by atoms with Crippen LogP contribution in [0.2, 0.25) is 0 Å². The van der Waals surface area contributed by atoms with Gasteiger partial charge < -0.3 is 9.47 Å². The number of carbonyl (C=O) groups excluding carboxylic acids is 1. The van der Waals surface area contributed by atoms with Crippen molar-refractivity contribution in [3.8, 4) is 0 Å². The molecule has 0 bridgehead atoms. The van der Waals surface area contributed by atoms with Gasteiger partial charge in [-0.3, -0.25) is 4.79 Å². The van der Waals surface area contributed by atoms with E-state index in [0.29, 0.717) is 0 Å². The van der Waals surface area contributed by atoms with Gasteiger partial charge >= 0.3 is 5.97 Å². The number of ether oxygens (including phenoxy) is 2. The van der Waals surface area contributed by atoms with E-state index >= 15 is 0 Å². The molecule has 0 heterocycles. The molecule has 1 saturated carbocycles. The predicted octanol–water partition coefficient (Wildman–Crippen LogP) is 1.36. The predicted molar refractivity (Wildman–Crippen MR) is 44.7 cm³/mol. The van der Waals surface area contributed by atoms with Gasteiger partial charge in [0.15, 0.2) is 0 Å². The first-order valence-corrected chi connectivity index (χ1v) is 4.36. The summed E-state index contributed by atoms with van der Waals surface area (Å²) in [6.45, 7) is 4.01. The standard InChI is InChI=1S/C9H16O3/c1-6(2)12-8-4-7(5-8)9(10)11-3/h6-8H,4-5H2,1-3H3. The van der Waals surface area contributed by atoms with Crippen LogP contribution in [-0.2, 0) is 14.3 Å². The molecule has 0 aromatic heterocycles. The van der Waals surface area contributed by atoms with Gasteiger partial charge in [-0.05, 0) is 26.7 Å². The topological polar surface area (TPSA) is 35.5 Å². The van der Waals surface area contributed by atoms with Crippen molar-refractivity contribution in [3.63, 3.8) is 0 Å². The van der Waals surface area contributed by atoms with Crippen LogP contribution in [0, 0.1) is 5.92 Å². The molecule has 0 aromatic carbocycles. The van der Waals surface area contributed by atoms with E-state index < -0.39 is 0 Å². The van der Waals surface area contributed by atoms with Gasteiger partial charge in [0.25, 0.3) is 0 Å². The minimum absolute atomic E-state index is 0.0822. The van der Waals surface area contributed by atoms with Crippen LogP contribution < -0.4 is 0 Å². The molecular weight excluding hydrogens is 156 g/mol. The van der Waals surface area contributed by atoms with Crippen LogP contribution in [0.25, 0.3) is 0 Å². The molecule has 12 heavy (non-hydrogen) atoms. The smallest absolute Gasteiger partial charge is 0.308 e. The lowest BCUT2D eigenvalue weighted by Crippen LogP contribution is -2.38. The van der Waals surface area contributed by atoms with Gasteiger partial charge in [-0.15, -0.1) is 0 Å². The average Bonchev–Trinajstić information content (AvgIpc) is 1.94. The molecule has 0 saturated heterocycles. The largest absolute Gasteiger partial charge is 0.469 e. The van der Waals surface area contributed by atoms with E-state index in [9.17, 15) is 4.79 Å². The maximum Gasteiger partial charge on any atom is 0.308 e. The SMILES string of the molecule is COC(=O)C1CC(OC(C)C)C1. The van der Waals surface area contributed by atoms with Gasteiger partial charge in [-0.2, -0.15) is 0 Å². The molecule has 1 fully saturated rings. The summed E-state index contributed by atoms with van der Waals surface area (Å²) in [5.41, 5.74) is 0. The van der Waals surface area contributed by atoms with E-state index in [0.717, 1.165) is 12.8 Å². The molecule has 3 heteroatoms. The number of hydrogen-bond donors (Lipinski definition) is 0. The number of rotatable bonds is 3. The van der Waals surface area contributed by atoms with Crippen LogP contribution in [0.3, 0.4) is 0 Å². The molecule has 0 amide bonds. The molecule has 70 valence electrons. The van der Waals surface area contributed by atoms with Crippen molar-refractivity contribution in [2.24, 2.45) is 5.92 Å². The molecule has 0 atom stereocenters. The lowest BCUT2D eigenvalue weighted by atomic mass is 9.82. The van der Waals surface area contributed by atoms with Crippen LogP contribution in [0.5, 0.6) is 0 Å². The van der Waals surface area contributed by atoms with Gasteiger partial charge in [0, 0.05) is 0 Å². The highest BCUT2D eigenvalue weighted by Crippen LogP contribution is 2.31. The zero-order chi connectivity index (χ0) is 9.14. The molecule has 0 aromatic rings. The third kappa shape index (κ3) is 2.21. The van der Waals surface area contributed by atoms with Gasteiger partial charge in [0.05, 0.1) is 25.2 Å². The van der Waals surface area contributed by atoms with Crippen LogP contribution in [0.1, 0.15) is 26.7 Å². The van der Waals surface area contributed by atoms with Crippen molar-refractivity contribution in [2.75, 3.05) is 7.11 Å². The van der Waals surface area contributed by atoms with Gasteiger partial charge in [0.1, 0.15) is 0 Å². The van der Waals surface area contributed by atoms with E-state index in [4.69, 9.17) is 4.74 Å². The fourth-order valence-corrected chi connectivity index (χ4v) is 1.42. The Morgan fingerprint density at radius 2 is 2.00 bits per heavy atom. The number of hydrogen-bond acceptors (Lipinski definition) is 3. The third-order valence-corrected chi connectivity index (χ3v) is 2.09. The molecule has 3 nitrogen and oxygen atoms in total. The van der Waals surface area contributed by atoms with E-state index in [-0.39, 0.29) is 24.1 Å². The Labute approximate surface area is 73.0 Å². The second-order valence-electron chi connectivity index (χ2n) is 3.50. The first-order valence-electron chi connectivity index (χ1n) is 4.36. The molecule has 1 rings (SSSR count).